The highest BCUT2D eigenvalue weighted by molar-refractivity contribution is 7.92. The van der Waals surface area contributed by atoms with Crippen LogP contribution in [0.5, 0.6) is 0 Å². The molecule has 0 atom stereocenters. The van der Waals surface area contributed by atoms with Gasteiger partial charge in [-0.2, -0.15) is 0 Å². The lowest BCUT2D eigenvalue weighted by molar-refractivity contribution is -0.384. The van der Waals surface area contributed by atoms with Gasteiger partial charge in [-0.25, -0.2) is 17.2 Å². The molecule has 3 aromatic carbocycles. The van der Waals surface area contributed by atoms with Gasteiger partial charge in [0.1, 0.15) is 0 Å². The first kappa shape index (κ1) is 19.2. The Morgan fingerprint density at radius 1 is 0.857 bits per heavy atom. The molecule has 0 bridgehead atoms. The van der Waals surface area contributed by atoms with Crippen LogP contribution in [0.15, 0.2) is 71.6 Å². The number of nitrogens with one attached hydrogen (secondary N) is 2. The molecule has 28 heavy (non-hydrogen) atoms. The van der Waals surface area contributed by atoms with Crippen LogP contribution in [-0.4, -0.2) is 13.3 Å². The summed E-state index contributed by atoms with van der Waals surface area (Å²) in [7, 11) is -4.33. The third kappa shape index (κ3) is 4.23. The van der Waals surface area contributed by atoms with Gasteiger partial charge in [-0.3, -0.25) is 14.8 Å². The minimum Gasteiger partial charge on any atom is -0.354 e. The summed E-state index contributed by atoms with van der Waals surface area (Å²) in [5.41, 5.74) is 0.386. The number of hydrogen-bond acceptors (Lipinski definition) is 5. The van der Waals surface area contributed by atoms with Gasteiger partial charge in [-0.05, 0) is 36.4 Å². The fraction of sp³-hybridized carbons (Fsp3) is 0. The SMILES string of the molecule is O=[N+]([O-])c1ccc(Nc2ccccc2)c(NS(=O)(=O)c2ccc(F)c(F)c2)c1. The first-order valence-electron chi connectivity index (χ1n) is 7.85. The molecule has 10 heteroatoms. The highest BCUT2D eigenvalue weighted by Gasteiger charge is 2.20. The van der Waals surface area contributed by atoms with Crippen molar-refractivity contribution < 1.29 is 22.1 Å². The summed E-state index contributed by atoms with van der Waals surface area (Å²) in [6.45, 7) is 0. The molecule has 2 N–H and O–H groups in total. The predicted molar refractivity (Wildman–Crippen MR) is 100.0 cm³/mol. The van der Waals surface area contributed by atoms with Crippen LogP contribution in [0.1, 0.15) is 0 Å². The molecule has 3 aromatic rings. The molecule has 0 unspecified atom stereocenters. The number of non-ortho nitro benzene ring substituents is 1. The van der Waals surface area contributed by atoms with Gasteiger partial charge in [0.15, 0.2) is 11.6 Å². The fourth-order valence-electron chi connectivity index (χ4n) is 2.36. The first-order valence-corrected chi connectivity index (χ1v) is 9.33. The molecular formula is C18H13F2N3O4S. The van der Waals surface area contributed by atoms with E-state index in [1.807, 2.05) is 0 Å². The van der Waals surface area contributed by atoms with E-state index in [1.165, 1.54) is 12.1 Å². The molecule has 0 saturated carbocycles. The quantitative estimate of drug-likeness (QED) is 0.467. The second-order valence-corrected chi connectivity index (χ2v) is 7.34. The lowest BCUT2D eigenvalue weighted by Gasteiger charge is -2.14. The van der Waals surface area contributed by atoms with Crippen LogP contribution in [-0.2, 0) is 10.0 Å². The summed E-state index contributed by atoms with van der Waals surface area (Å²) in [4.78, 5) is 9.85. The van der Waals surface area contributed by atoms with Crippen molar-refractivity contribution in [3.63, 3.8) is 0 Å². The Hall–Kier alpha value is -3.53. The van der Waals surface area contributed by atoms with E-state index < -0.39 is 31.5 Å². The molecule has 0 saturated heterocycles. The number of anilines is 3. The molecule has 7 nitrogen and oxygen atoms in total. The number of nitro benzene ring substituents is 1. The fourth-order valence-corrected chi connectivity index (χ4v) is 3.45. The second-order valence-electron chi connectivity index (χ2n) is 5.66. The molecule has 0 aliphatic heterocycles. The number of sulfonamides is 1. The third-order valence-corrected chi connectivity index (χ3v) is 5.08. The van der Waals surface area contributed by atoms with E-state index in [4.69, 9.17) is 0 Å². The first-order chi connectivity index (χ1) is 13.3. The van der Waals surface area contributed by atoms with Crippen molar-refractivity contribution in [2.75, 3.05) is 10.0 Å². The van der Waals surface area contributed by atoms with E-state index in [2.05, 4.69) is 10.0 Å². The Morgan fingerprint density at radius 3 is 2.21 bits per heavy atom. The van der Waals surface area contributed by atoms with Gasteiger partial charge in [0.2, 0.25) is 0 Å². The van der Waals surface area contributed by atoms with Crippen molar-refractivity contribution in [3.8, 4) is 0 Å². The normalized spacial score (nSPS) is 11.1. The maximum atomic E-state index is 13.4. The standard InChI is InChI=1S/C18H13F2N3O4S/c19-15-8-7-14(11-16(15)20)28(26,27)22-18-10-13(23(24)25)6-9-17(18)21-12-4-2-1-3-5-12/h1-11,21-22H. The number of para-hydroxylation sites is 1. The van der Waals surface area contributed by atoms with E-state index in [0.29, 0.717) is 17.8 Å². The van der Waals surface area contributed by atoms with E-state index in [-0.39, 0.29) is 17.1 Å². The highest BCUT2D eigenvalue weighted by Crippen LogP contribution is 2.31. The Bertz CT molecular complexity index is 1140. The van der Waals surface area contributed by atoms with Gasteiger partial charge in [-0.15, -0.1) is 0 Å². The van der Waals surface area contributed by atoms with Crippen LogP contribution >= 0.6 is 0 Å². The van der Waals surface area contributed by atoms with E-state index in [1.54, 1.807) is 30.3 Å². The lowest BCUT2D eigenvalue weighted by atomic mass is 10.2. The number of halogens is 2. The highest BCUT2D eigenvalue weighted by atomic mass is 32.2. The smallest absolute Gasteiger partial charge is 0.271 e. The maximum Gasteiger partial charge on any atom is 0.271 e. The van der Waals surface area contributed by atoms with Crippen molar-refractivity contribution >= 4 is 32.8 Å². The second kappa shape index (κ2) is 7.61. The number of nitro groups is 1. The number of benzene rings is 3. The topological polar surface area (TPSA) is 101 Å². The Labute approximate surface area is 158 Å². The molecule has 0 heterocycles. The van der Waals surface area contributed by atoms with E-state index in [9.17, 15) is 27.3 Å². The number of nitrogens with zero attached hydrogens (tertiary/aromatic N) is 1. The maximum absolute atomic E-state index is 13.4. The van der Waals surface area contributed by atoms with Crippen LogP contribution in [0.3, 0.4) is 0 Å². The van der Waals surface area contributed by atoms with Crippen LogP contribution < -0.4 is 10.0 Å². The average molecular weight is 405 g/mol. The molecule has 0 aliphatic carbocycles. The zero-order chi connectivity index (χ0) is 20.3. The predicted octanol–water partition coefficient (Wildman–Crippen LogP) is 4.42. The van der Waals surface area contributed by atoms with Gasteiger partial charge in [0.05, 0.1) is 21.2 Å². The third-order valence-electron chi connectivity index (χ3n) is 3.71. The number of hydrogen-bond donors (Lipinski definition) is 2. The summed E-state index contributed by atoms with van der Waals surface area (Å²) in [6.07, 6.45) is 0. The van der Waals surface area contributed by atoms with Crippen LogP contribution in [0.4, 0.5) is 31.5 Å². The monoisotopic (exact) mass is 405 g/mol. The van der Waals surface area contributed by atoms with Crippen molar-refractivity contribution in [1.82, 2.24) is 0 Å². The summed E-state index contributed by atoms with van der Waals surface area (Å²) in [5, 5.41) is 14.0. The van der Waals surface area contributed by atoms with Gasteiger partial charge in [0, 0.05) is 17.8 Å². The number of rotatable bonds is 6. The molecule has 0 aromatic heterocycles. The molecule has 0 spiro atoms. The summed E-state index contributed by atoms with van der Waals surface area (Å²) < 4.78 is 53.8. The summed E-state index contributed by atoms with van der Waals surface area (Å²) >= 11 is 0. The van der Waals surface area contributed by atoms with E-state index in [0.717, 1.165) is 12.1 Å². The Balaban J connectivity index is 2.01. The van der Waals surface area contributed by atoms with Crippen LogP contribution in [0.2, 0.25) is 0 Å². The summed E-state index contributed by atoms with van der Waals surface area (Å²) in [6, 6.07) is 14.4. The minimum absolute atomic E-state index is 0.122. The van der Waals surface area contributed by atoms with Gasteiger partial charge in [-0.1, -0.05) is 18.2 Å². The molecule has 0 radical (unpaired) electrons. The van der Waals surface area contributed by atoms with Crippen molar-refractivity contribution in [3.05, 3.63) is 88.5 Å². The van der Waals surface area contributed by atoms with Crippen LogP contribution in [0, 0.1) is 21.7 Å². The largest absolute Gasteiger partial charge is 0.354 e. The molecule has 3 rings (SSSR count). The van der Waals surface area contributed by atoms with E-state index >= 15 is 0 Å². The van der Waals surface area contributed by atoms with Gasteiger partial charge < -0.3 is 5.32 Å². The molecule has 144 valence electrons. The Kier molecular flexibility index (Phi) is 5.23. The van der Waals surface area contributed by atoms with Gasteiger partial charge >= 0.3 is 0 Å². The average Bonchev–Trinajstić information content (AvgIpc) is 2.65. The minimum atomic E-state index is -4.33. The van der Waals surface area contributed by atoms with Crippen molar-refractivity contribution in [2.45, 2.75) is 4.90 Å². The zero-order valence-electron chi connectivity index (χ0n) is 14.1. The molecule has 0 amide bonds. The molecular weight excluding hydrogens is 392 g/mol. The summed E-state index contributed by atoms with van der Waals surface area (Å²) in [5.74, 6) is -2.52. The lowest BCUT2D eigenvalue weighted by Crippen LogP contribution is -2.14. The zero-order valence-corrected chi connectivity index (χ0v) is 14.9. The van der Waals surface area contributed by atoms with Crippen molar-refractivity contribution in [2.24, 2.45) is 0 Å². The molecule has 0 fully saturated rings. The molecule has 0 aliphatic rings. The Morgan fingerprint density at radius 2 is 1.57 bits per heavy atom. The van der Waals surface area contributed by atoms with Crippen molar-refractivity contribution in [1.29, 1.82) is 0 Å². The van der Waals surface area contributed by atoms with Crippen LogP contribution in [0.25, 0.3) is 0 Å². The van der Waals surface area contributed by atoms with Gasteiger partial charge in [0.25, 0.3) is 15.7 Å².